The number of piperidine rings is 1. The Bertz CT molecular complexity index is 686. The largest absolute Gasteiger partial charge is 0.393 e. The Hall–Kier alpha value is -1.39. The van der Waals surface area contributed by atoms with Gasteiger partial charge in [0.2, 0.25) is 0 Å². The lowest BCUT2D eigenvalue weighted by Gasteiger charge is -2.34. The number of hydrogen-bond acceptors (Lipinski definition) is 2. The predicted octanol–water partition coefficient (Wildman–Crippen LogP) is 3.45. The van der Waals surface area contributed by atoms with Gasteiger partial charge in [-0.2, -0.15) is 0 Å². The number of aliphatic hydroxyl groups is 1. The number of benzene rings is 2. The molecule has 2 atom stereocenters. The fraction of sp³-hybridized carbons (Fsp3) is 0.353. The number of carbonyl (C=O) groups is 1. The van der Waals surface area contributed by atoms with Crippen LogP contribution in [-0.2, 0) is 0 Å². The Morgan fingerprint density at radius 1 is 1.24 bits per heavy atom. The molecular weight excluding hydrogens is 330 g/mol. The van der Waals surface area contributed by atoms with E-state index in [1.807, 2.05) is 48.2 Å². The molecule has 0 aliphatic carbocycles. The molecule has 110 valence electrons. The summed E-state index contributed by atoms with van der Waals surface area (Å²) in [7, 11) is 0. The molecular formula is C17H18BrNO2. The molecule has 0 aromatic heterocycles. The lowest BCUT2D eigenvalue weighted by atomic mass is 9.96. The van der Waals surface area contributed by atoms with Crippen LogP contribution >= 0.6 is 15.9 Å². The van der Waals surface area contributed by atoms with Crippen molar-refractivity contribution in [3.63, 3.8) is 0 Å². The van der Waals surface area contributed by atoms with Crippen molar-refractivity contribution in [1.82, 2.24) is 4.90 Å². The predicted molar refractivity (Wildman–Crippen MR) is 87.3 cm³/mol. The van der Waals surface area contributed by atoms with Crippen LogP contribution < -0.4 is 0 Å². The number of likely N-dealkylation sites (tertiary alicyclic amines) is 1. The van der Waals surface area contributed by atoms with E-state index in [9.17, 15) is 9.90 Å². The summed E-state index contributed by atoms with van der Waals surface area (Å²) in [5, 5.41) is 12.0. The Kier molecular flexibility index (Phi) is 4.00. The molecule has 3 nitrogen and oxygen atoms in total. The van der Waals surface area contributed by atoms with Gasteiger partial charge in [0.15, 0.2) is 0 Å². The second-order valence-electron chi connectivity index (χ2n) is 5.79. The van der Waals surface area contributed by atoms with Crippen molar-refractivity contribution in [2.75, 3.05) is 13.1 Å². The summed E-state index contributed by atoms with van der Waals surface area (Å²) in [5.74, 6) is 0.192. The van der Waals surface area contributed by atoms with Crippen molar-refractivity contribution in [3.8, 4) is 0 Å². The zero-order valence-corrected chi connectivity index (χ0v) is 13.5. The van der Waals surface area contributed by atoms with E-state index >= 15 is 0 Å². The third-order valence-corrected chi connectivity index (χ3v) is 4.69. The first kappa shape index (κ1) is 14.5. The van der Waals surface area contributed by atoms with Crippen LogP contribution in [-0.4, -0.2) is 35.1 Å². The molecule has 1 N–H and O–H groups in total. The minimum absolute atomic E-state index is 0.0542. The smallest absolute Gasteiger partial charge is 0.253 e. The molecule has 0 spiro atoms. The monoisotopic (exact) mass is 347 g/mol. The molecule has 2 unspecified atom stereocenters. The Balaban J connectivity index is 1.86. The molecule has 1 amide bonds. The number of nitrogens with zero attached hydrogens (tertiary/aromatic N) is 1. The molecule has 0 bridgehead atoms. The fourth-order valence-electron chi connectivity index (χ4n) is 2.85. The van der Waals surface area contributed by atoms with Crippen LogP contribution in [0.4, 0.5) is 0 Å². The van der Waals surface area contributed by atoms with Gasteiger partial charge in [0.1, 0.15) is 0 Å². The van der Waals surface area contributed by atoms with Gasteiger partial charge in [-0.1, -0.05) is 35.0 Å². The van der Waals surface area contributed by atoms with E-state index in [-0.39, 0.29) is 17.9 Å². The summed E-state index contributed by atoms with van der Waals surface area (Å²) in [5.41, 5.74) is 0.716. The Morgan fingerprint density at radius 3 is 2.71 bits per heavy atom. The zero-order valence-electron chi connectivity index (χ0n) is 11.9. The van der Waals surface area contributed by atoms with Gasteiger partial charge >= 0.3 is 0 Å². The molecule has 1 heterocycles. The maximum atomic E-state index is 12.6. The highest BCUT2D eigenvalue weighted by Crippen LogP contribution is 2.23. The van der Waals surface area contributed by atoms with E-state index < -0.39 is 0 Å². The van der Waals surface area contributed by atoms with Crippen LogP contribution in [0.5, 0.6) is 0 Å². The number of fused-ring (bicyclic) bond motifs is 1. The van der Waals surface area contributed by atoms with Gasteiger partial charge in [0, 0.05) is 23.1 Å². The lowest BCUT2D eigenvalue weighted by molar-refractivity contribution is 0.0297. The first-order chi connectivity index (χ1) is 10.0. The summed E-state index contributed by atoms with van der Waals surface area (Å²) in [6.07, 6.45) is 0.371. The van der Waals surface area contributed by atoms with Crippen LogP contribution in [0.25, 0.3) is 10.8 Å². The minimum Gasteiger partial charge on any atom is -0.393 e. The second kappa shape index (κ2) is 5.78. The molecule has 2 aromatic rings. The van der Waals surface area contributed by atoms with Crippen molar-refractivity contribution in [2.45, 2.75) is 19.4 Å². The number of rotatable bonds is 1. The summed E-state index contributed by atoms with van der Waals surface area (Å²) >= 11 is 3.46. The van der Waals surface area contributed by atoms with Gasteiger partial charge < -0.3 is 10.0 Å². The van der Waals surface area contributed by atoms with Crippen LogP contribution in [0.2, 0.25) is 0 Å². The average Bonchev–Trinajstić information content (AvgIpc) is 2.49. The molecule has 2 aromatic carbocycles. The molecule has 1 saturated heterocycles. The molecule has 4 heteroatoms. The van der Waals surface area contributed by atoms with Crippen LogP contribution in [0, 0.1) is 5.92 Å². The highest BCUT2D eigenvalue weighted by Gasteiger charge is 2.27. The van der Waals surface area contributed by atoms with Crippen molar-refractivity contribution < 1.29 is 9.90 Å². The lowest BCUT2D eigenvalue weighted by Crippen LogP contribution is -2.44. The Labute approximate surface area is 132 Å². The standard InChI is InChI=1S/C17H18BrNO2/c1-11-10-19(7-6-16(11)20)17(21)14-3-2-13-9-15(18)5-4-12(13)8-14/h2-5,8-9,11,16,20H,6-7,10H2,1H3. The number of aliphatic hydroxyl groups excluding tert-OH is 1. The maximum Gasteiger partial charge on any atom is 0.253 e. The summed E-state index contributed by atoms with van der Waals surface area (Å²) < 4.78 is 1.04. The van der Waals surface area contributed by atoms with Gasteiger partial charge in [-0.15, -0.1) is 0 Å². The normalized spacial score (nSPS) is 22.5. The van der Waals surface area contributed by atoms with Crippen molar-refractivity contribution in [3.05, 3.63) is 46.4 Å². The zero-order chi connectivity index (χ0) is 15.0. The van der Waals surface area contributed by atoms with Gasteiger partial charge in [0.25, 0.3) is 5.91 Å². The topological polar surface area (TPSA) is 40.5 Å². The minimum atomic E-state index is -0.289. The van der Waals surface area contributed by atoms with E-state index in [1.54, 1.807) is 0 Å². The molecule has 1 fully saturated rings. The van der Waals surface area contributed by atoms with E-state index in [2.05, 4.69) is 15.9 Å². The Morgan fingerprint density at radius 2 is 1.95 bits per heavy atom. The van der Waals surface area contributed by atoms with Gasteiger partial charge in [-0.3, -0.25) is 4.79 Å². The van der Waals surface area contributed by atoms with Crippen molar-refractivity contribution in [1.29, 1.82) is 0 Å². The average molecular weight is 348 g/mol. The highest BCUT2D eigenvalue weighted by atomic mass is 79.9. The van der Waals surface area contributed by atoms with E-state index in [0.717, 1.165) is 15.2 Å². The van der Waals surface area contributed by atoms with Gasteiger partial charge in [-0.05, 0) is 47.4 Å². The van der Waals surface area contributed by atoms with Crippen LogP contribution in [0.15, 0.2) is 40.9 Å². The quantitative estimate of drug-likeness (QED) is 0.858. The van der Waals surface area contributed by atoms with Crippen molar-refractivity contribution in [2.24, 2.45) is 5.92 Å². The highest BCUT2D eigenvalue weighted by molar-refractivity contribution is 9.10. The second-order valence-corrected chi connectivity index (χ2v) is 6.71. The van der Waals surface area contributed by atoms with Crippen LogP contribution in [0.1, 0.15) is 23.7 Å². The summed E-state index contributed by atoms with van der Waals surface area (Å²) in [4.78, 5) is 14.4. The van der Waals surface area contributed by atoms with E-state index in [1.165, 1.54) is 0 Å². The van der Waals surface area contributed by atoms with Gasteiger partial charge in [0.05, 0.1) is 6.10 Å². The molecule has 21 heavy (non-hydrogen) atoms. The fourth-order valence-corrected chi connectivity index (χ4v) is 3.23. The maximum absolute atomic E-state index is 12.6. The molecule has 3 rings (SSSR count). The third-order valence-electron chi connectivity index (χ3n) is 4.20. The molecule has 1 aliphatic rings. The number of carbonyl (C=O) groups excluding carboxylic acids is 1. The van der Waals surface area contributed by atoms with Crippen molar-refractivity contribution >= 4 is 32.6 Å². The summed E-state index contributed by atoms with van der Waals surface area (Å²) in [6.45, 7) is 3.24. The van der Waals surface area contributed by atoms with E-state index in [0.29, 0.717) is 25.1 Å². The molecule has 0 saturated carbocycles. The van der Waals surface area contributed by atoms with Crippen LogP contribution in [0.3, 0.4) is 0 Å². The first-order valence-electron chi connectivity index (χ1n) is 7.21. The number of hydrogen-bond donors (Lipinski definition) is 1. The SMILES string of the molecule is CC1CN(C(=O)c2ccc3cc(Br)ccc3c2)CCC1O. The number of amides is 1. The van der Waals surface area contributed by atoms with Gasteiger partial charge in [-0.25, -0.2) is 0 Å². The molecule has 1 aliphatic heterocycles. The third kappa shape index (κ3) is 2.97. The molecule has 0 radical (unpaired) electrons. The first-order valence-corrected chi connectivity index (χ1v) is 8.00. The summed E-state index contributed by atoms with van der Waals surface area (Å²) in [6, 6.07) is 11.8. The van der Waals surface area contributed by atoms with E-state index in [4.69, 9.17) is 0 Å². The number of halogens is 1.